The zero-order chi connectivity index (χ0) is 14.7. The van der Waals surface area contributed by atoms with E-state index in [1.54, 1.807) is 20.3 Å². The zero-order valence-electron chi connectivity index (χ0n) is 11.9. The van der Waals surface area contributed by atoms with Crippen molar-refractivity contribution in [3.05, 3.63) is 29.5 Å². The van der Waals surface area contributed by atoms with Gasteiger partial charge in [-0.2, -0.15) is 5.26 Å². The molecular weight excluding hydrogens is 256 g/mol. The van der Waals surface area contributed by atoms with E-state index in [4.69, 9.17) is 19.3 Å². The monoisotopic (exact) mass is 272 g/mol. The molecule has 2 aromatic rings. The molecule has 0 aliphatic rings. The molecule has 1 aromatic carbocycles. The predicted octanol–water partition coefficient (Wildman–Crippen LogP) is 3.35. The Balaban J connectivity index is 2.65. The third-order valence-corrected chi connectivity index (χ3v) is 3.05. The third kappa shape index (κ3) is 2.32. The first kappa shape index (κ1) is 13.9. The summed E-state index contributed by atoms with van der Waals surface area (Å²) in [4.78, 5) is 0. The minimum atomic E-state index is 0.221. The molecule has 0 aliphatic carbocycles. The molecule has 0 unspecified atom stereocenters. The summed E-state index contributed by atoms with van der Waals surface area (Å²) in [5.41, 5.74) is 1.96. The molecule has 0 fully saturated rings. The molecule has 5 nitrogen and oxygen atoms in total. The zero-order valence-corrected chi connectivity index (χ0v) is 11.9. The fourth-order valence-corrected chi connectivity index (χ4v) is 2.17. The average Bonchev–Trinajstić information content (AvgIpc) is 2.94. The quantitative estimate of drug-likeness (QED) is 0.853. The summed E-state index contributed by atoms with van der Waals surface area (Å²) in [6, 6.07) is 7.24. The van der Waals surface area contributed by atoms with Gasteiger partial charge in [-0.3, -0.25) is 0 Å². The van der Waals surface area contributed by atoms with Crippen molar-refractivity contribution in [1.82, 2.24) is 5.16 Å². The molecule has 0 radical (unpaired) electrons. The van der Waals surface area contributed by atoms with E-state index >= 15 is 0 Å². The van der Waals surface area contributed by atoms with Gasteiger partial charge < -0.3 is 14.0 Å². The van der Waals surface area contributed by atoms with Crippen LogP contribution in [0.15, 0.2) is 22.7 Å². The van der Waals surface area contributed by atoms with Gasteiger partial charge in [-0.1, -0.05) is 19.0 Å². The lowest BCUT2D eigenvalue weighted by Gasteiger charge is -2.18. The Kier molecular flexibility index (Phi) is 3.94. The van der Waals surface area contributed by atoms with Gasteiger partial charge in [-0.05, 0) is 18.1 Å². The normalized spacial score (nSPS) is 10.4. The lowest BCUT2D eigenvalue weighted by molar-refractivity contribution is 0.379. The number of nitrogens with zero attached hydrogens (tertiary/aromatic N) is 2. The summed E-state index contributed by atoms with van der Waals surface area (Å²) in [5.74, 6) is 2.17. The number of rotatable bonds is 4. The molecule has 0 bridgehead atoms. The Morgan fingerprint density at radius 2 is 2.00 bits per heavy atom. The molecule has 20 heavy (non-hydrogen) atoms. The predicted molar refractivity (Wildman–Crippen MR) is 73.8 cm³/mol. The Hall–Kier alpha value is -2.48. The second-order valence-electron chi connectivity index (χ2n) is 4.61. The highest BCUT2D eigenvalue weighted by atomic mass is 16.5. The molecule has 0 atom stereocenters. The average molecular weight is 272 g/mol. The van der Waals surface area contributed by atoms with Crippen LogP contribution >= 0.6 is 0 Å². The van der Waals surface area contributed by atoms with Gasteiger partial charge in [0.25, 0.3) is 0 Å². The number of hydrogen-bond acceptors (Lipinski definition) is 5. The Bertz CT molecular complexity index is 654. The van der Waals surface area contributed by atoms with Gasteiger partial charge in [-0.25, -0.2) is 0 Å². The van der Waals surface area contributed by atoms with Gasteiger partial charge in [0.15, 0.2) is 11.5 Å². The van der Waals surface area contributed by atoms with Crippen LogP contribution in [-0.2, 0) is 0 Å². The van der Waals surface area contributed by atoms with Gasteiger partial charge in [0.1, 0.15) is 17.6 Å². The molecule has 1 aromatic heterocycles. The van der Waals surface area contributed by atoms with Crippen LogP contribution in [0.2, 0.25) is 0 Å². The molecule has 104 valence electrons. The van der Waals surface area contributed by atoms with E-state index in [2.05, 4.69) is 19.0 Å². The van der Waals surface area contributed by atoms with E-state index in [1.807, 2.05) is 18.2 Å². The van der Waals surface area contributed by atoms with E-state index in [9.17, 15) is 0 Å². The summed E-state index contributed by atoms with van der Waals surface area (Å²) in [6.45, 7) is 4.12. The van der Waals surface area contributed by atoms with Gasteiger partial charge in [0.2, 0.25) is 0 Å². The maximum absolute atomic E-state index is 8.83. The summed E-state index contributed by atoms with van der Waals surface area (Å²) in [5, 5.41) is 12.5. The van der Waals surface area contributed by atoms with Crippen LogP contribution in [-0.4, -0.2) is 19.4 Å². The first-order valence-electron chi connectivity index (χ1n) is 6.24. The van der Waals surface area contributed by atoms with Crippen molar-refractivity contribution in [3.63, 3.8) is 0 Å². The standard InChI is InChI=1S/C15H16N2O3/c1-9(2)14-12(18-3)6-5-11(15(14)19-4)13-7-10(8-16)17-20-13/h5-7,9H,1-4H3. The fraction of sp³-hybridized carbons (Fsp3) is 0.333. The van der Waals surface area contributed by atoms with Gasteiger partial charge in [0.05, 0.1) is 19.8 Å². The summed E-state index contributed by atoms with van der Waals surface area (Å²) >= 11 is 0. The second-order valence-corrected chi connectivity index (χ2v) is 4.61. The van der Waals surface area contributed by atoms with Crippen molar-refractivity contribution >= 4 is 0 Å². The number of benzene rings is 1. The molecule has 0 N–H and O–H groups in total. The highest BCUT2D eigenvalue weighted by Gasteiger charge is 2.21. The van der Waals surface area contributed by atoms with Crippen molar-refractivity contribution in [3.8, 4) is 28.9 Å². The van der Waals surface area contributed by atoms with Gasteiger partial charge in [0, 0.05) is 11.6 Å². The van der Waals surface area contributed by atoms with E-state index in [0.29, 0.717) is 11.5 Å². The first-order valence-corrected chi connectivity index (χ1v) is 6.24. The molecule has 0 spiro atoms. The van der Waals surface area contributed by atoms with Crippen LogP contribution in [0.5, 0.6) is 11.5 Å². The van der Waals surface area contributed by atoms with Crippen molar-refractivity contribution in [2.75, 3.05) is 14.2 Å². The van der Waals surface area contributed by atoms with E-state index in [-0.39, 0.29) is 11.6 Å². The lowest BCUT2D eigenvalue weighted by atomic mass is 9.96. The highest BCUT2D eigenvalue weighted by Crippen LogP contribution is 2.42. The number of nitriles is 1. The van der Waals surface area contributed by atoms with Crippen LogP contribution in [0.4, 0.5) is 0 Å². The van der Waals surface area contributed by atoms with Gasteiger partial charge >= 0.3 is 0 Å². The molecule has 2 rings (SSSR count). The maximum Gasteiger partial charge on any atom is 0.184 e. The summed E-state index contributed by atoms with van der Waals surface area (Å²) in [7, 11) is 3.23. The lowest BCUT2D eigenvalue weighted by Crippen LogP contribution is -2.00. The van der Waals surface area contributed by atoms with Crippen LogP contribution < -0.4 is 9.47 Å². The molecule has 5 heteroatoms. The second kappa shape index (κ2) is 5.66. The minimum Gasteiger partial charge on any atom is -0.496 e. The van der Waals surface area contributed by atoms with Crippen molar-refractivity contribution < 1.29 is 14.0 Å². The van der Waals surface area contributed by atoms with E-state index in [1.165, 1.54) is 0 Å². The number of aromatic nitrogens is 1. The fourth-order valence-electron chi connectivity index (χ4n) is 2.17. The topological polar surface area (TPSA) is 68.3 Å². The molecule has 1 heterocycles. The molecular formula is C15H16N2O3. The Labute approximate surface area is 117 Å². The Morgan fingerprint density at radius 3 is 2.50 bits per heavy atom. The number of methoxy groups -OCH3 is 2. The van der Waals surface area contributed by atoms with Crippen LogP contribution in [0.25, 0.3) is 11.3 Å². The number of ether oxygens (including phenoxy) is 2. The minimum absolute atomic E-state index is 0.221. The summed E-state index contributed by atoms with van der Waals surface area (Å²) in [6.07, 6.45) is 0. The number of hydrogen-bond donors (Lipinski definition) is 0. The molecule has 0 saturated heterocycles. The smallest absolute Gasteiger partial charge is 0.184 e. The summed E-state index contributed by atoms with van der Waals surface area (Å²) < 4.78 is 16.1. The van der Waals surface area contributed by atoms with Crippen molar-refractivity contribution in [2.45, 2.75) is 19.8 Å². The SMILES string of the molecule is COc1ccc(-c2cc(C#N)no2)c(OC)c1C(C)C. The van der Waals surface area contributed by atoms with Crippen LogP contribution in [0.3, 0.4) is 0 Å². The van der Waals surface area contributed by atoms with E-state index < -0.39 is 0 Å². The molecule has 0 amide bonds. The first-order chi connectivity index (χ1) is 9.62. The van der Waals surface area contributed by atoms with Crippen LogP contribution in [0.1, 0.15) is 31.0 Å². The van der Waals surface area contributed by atoms with Crippen molar-refractivity contribution in [2.24, 2.45) is 0 Å². The largest absolute Gasteiger partial charge is 0.496 e. The van der Waals surface area contributed by atoms with Crippen molar-refractivity contribution in [1.29, 1.82) is 5.26 Å². The molecule has 0 saturated carbocycles. The van der Waals surface area contributed by atoms with Crippen LogP contribution in [0, 0.1) is 11.3 Å². The van der Waals surface area contributed by atoms with Gasteiger partial charge in [-0.15, -0.1) is 0 Å². The maximum atomic E-state index is 8.83. The Morgan fingerprint density at radius 1 is 1.25 bits per heavy atom. The van der Waals surface area contributed by atoms with E-state index in [0.717, 1.165) is 16.9 Å². The third-order valence-electron chi connectivity index (χ3n) is 3.05. The molecule has 0 aliphatic heterocycles. The highest BCUT2D eigenvalue weighted by molar-refractivity contribution is 5.71.